The number of sulfone groups is 1. The molecule has 0 amide bonds. The maximum absolute atomic E-state index is 12.9. The predicted molar refractivity (Wildman–Crippen MR) is 59.9 cm³/mol. The molecule has 0 N–H and O–H groups in total. The van der Waals surface area contributed by atoms with E-state index in [2.05, 4.69) is 4.74 Å². The van der Waals surface area contributed by atoms with E-state index in [0.717, 1.165) is 12.1 Å². The Balaban J connectivity index is 2.44. The van der Waals surface area contributed by atoms with Gasteiger partial charge in [-0.25, -0.2) is 12.8 Å². The van der Waals surface area contributed by atoms with Gasteiger partial charge in [0, 0.05) is 6.61 Å². The van der Waals surface area contributed by atoms with Gasteiger partial charge in [0.2, 0.25) is 0 Å². The second-order valence-corrected chi connectivity index (χ2v) is 5.91. The average molecular weight is 300 g/mol. The van der Waals surface area contributed by atoms with E-state index in [0.29, 0.717) is 0 Å². The van der Waals surface area contributed by atoms with Crippen LogP contribution in [0.3, 0.4) is 0 Å². The van der Waals surface area contributed by atoms with Gasteiger partial charge in [-0.1, -0.05) is 6.07 Å². The minimum atomic E-state index is -4.43. The fourth-order valence-corrected chi connectivity index (χ4v) is 2.63. The highest BCUT2D eigenvalue weighted by atomic mass is 32.2. The lowest BCUT2D eigenvalue weighted by Gasteiger charge is -2.08. The third-order valence-electron chi connectivity index (χ3n) is 2.12. The summed E-state index contributed by atoms with van der Waals surface area (Å²) in [6, 6.07) is 4.45. The number of hydrogen-bond donors (Lipinski definition) is 0. The SMILES string of the molecule is O=S(=O)(CCCOCC(F)(F)F)c1cccc(F)c1. The van der Waals surface area contributed by atoms with Crippen LogP contribution in [0.4, 0.5) is 17.6 Å². The molecule has 0 unspecified atom stereocenters. The minimum absolute atomic E-state index is 0.0884. The van der Waals surface area contributed by atoms with Crippen molar-refractivity contribution >= 4 is 9.84 Å². The summed E-state index contributed by atoms with van der Waals surface area (Å²) in [5, 5.41) is 0. The topological polar surface area (TPSA) is 43.4 Å². The Morgan fingerprint density at radius 3 is 2.47 bits per heavy atom. The number of alkyl halides is 3. The zero-order valence-electron chi connectivity index (χ0n) is 9.78. The molecule has 0 aromatic heterocycles. The first-order chi connectivity index (χ1) is 8.71. The van der Waals surface area contributed by atoms with E-state index in [4.69, 9.17) is 0 Å². The van der Waals surface area contributed by atoms with Gasteiger partial charge in [0.05, 0.1) is 10.6 Å². The summed E-state index contributed by atoms with van der Waals surface area (Å²) in [5.41, 5.74) is 0. The van der Waals surface area contributed by atoms with Gasteiger partial charge in [-0.2, -0.15) is 13.2 Å². The number of halogens is 4. The zero-order valence-corrected chi connectivity index (χ0v) is 10.6. The second kappa shape index (κ2) is 6.33. The van der Waals surface area contributed by atoms with Crippen LogP contribution < -0.4 is 0 Å². The second-order valence-electron chi connectivity index (χ2n) is 3.80. The van der Waals surface area contributed by atoms with Gasteiger partial charge in [0.25, 0.3) is 0 Å². The monoisotopic (exact) mass is 300 g/mol. The Labute approximate surface area is 108 Å². The minimum Gasteiger partial charge on any atom is -0.372 e. The third kappa shape index (κ3) is 6.02. The summed E-state index contributed by atoms with van der Waals surface area (Å²) in [6.07, 6.45) is -4.52. The maximum Gasteiger partial charge on any atom is 0.411 e. The molecule has 1 aromatic carbocycles. The summed E-state index contributed by atoms with van der Waals surface area (Å²) in [5.74, 6) is -1.08. The molecule has 0 spiro atoms. The van der Waals surface area contributed by atoms with E-state index < -0.39 is 34.2 Å². The van der Waals surface area contributed by atoms with Crippen molar-refractivity contribution in [1.29, 1.82) is 0 Å². The predicted octanol–water partition coefficient (Wildman–Crippen LogP) is 2.57. The lowest BCUT2D eigenvalue weighted by molar-refractivity contribution is -0.173. The molecular weight excluding hydrogens is 288 g/mol. The van der Waals surface area contributed by atoms with Crippen molar-refractivity contribution in [2.75, 3.05) is 19.0 Å². The smallest absolute Gasteiger partial charge is 0.372 e. The molecule has 0 aliphatic heterocycles. The highest BCUT2D eigenvalue weighted by Gasteiger charge is 2.27. The van der Waals surface area contributed by atoms with Crippen molar-refractivity contribution in [3.05, 3.63) is 30.1 Å². The van der Waals surface area contributed by atoms with E-state index in [1.807, 2.05) is 0 Å². The van der Waals surface area contributed by atoms with Crippen molar-refractivity contribution in [1.82, 2.24) is 0 Å². The average Bonchev–Trinajstić information content (AvgIpc) is 2.27. The lowest BCUT2D eigenvalue weighted by Crippen LogP contribution is -2.18. The Morgan fingerprint density at radius 2 is 1.89 bits per heavy atom. The van der Waals surface area contributed by atoms with Gasteiger partial charge in [-0.05, 0) is 24.6 Å². The number of hydrogen-bond acceptors (Lipinski definition) is 3. The van der Waals surface area contributed by atoms with E-state index in [9.17, 15) is 26.0 Å². The van der Waals surface area contributed by atoms with Crippen LogP contribution in [0.5, 0.6) is 0 Å². The van der Waals surface area contributed by atoms with Gasteiger partial charge in [0.1, 0.15) is 12.4 Å². The van der Waals surface area contributed by atoms with Crippen LogP contribution in [0.15, 0.2) is 29.2 Å². The van der Waals surface area contributed by atoms with Crippen LogP contribution in [-0.4, -0.2) is 33.6 Å². The molecule has 1 rings (SSSR count). The van der Waals surface area contributed by atoms with Gasteiger partial charge in [-0.15, -0.1) is 0 Å². The summed E-state index contributed by atoms with van der Waals surface area (Å²) >= 11 is 0. The van der Waals surface area contributed by atoms with Gasteiger partial charge < -0.3 is 4.74 Å². The summed E-state index contributed by atoms with van der Waals surface area (Å²) < 4.78 is 75.8. The standard InChI is InChI=1S/C11H12F4O3S/c12-9-3-1-4-10(7-9)19(16,17)6-2-5-18-8-11(13,14)15/h1,3-4,7H,2,5-6,8H2. The van der Waals surface area contributed by atoms with Crippen LogP contribution in [-0.2, 0) is 14.6 Å². The van der Waals surface area contributed by atoms with Gasteiger partial charge in [-0.3, -0.25) is 0 Å². The van der Waals surface area contributed by atoms with Gasteiger partial charge >= 0.3 is 6.18 Å². The van der Waals surface area contributed by atoms with E-state index in [1.54, 1.807) is 0 Å². The first kappa shape index (κ1) is 15.9. The Morgan fingerprint density at radius 1 is 1.21 bits per heavy atom. The van der Waals surface area contributed by atoms with Crippen molar-refractivity contribution < 1.29 is 30.7 Å². The number of benzene rings is 1. The largest absolute Gasteiger partial charge is 0.411 e. The summed E-state index contributed by atoms with van der Waals surface area (Å²) in [7, 11) is -3.70. The molecular formula is C11H12F4O3S. The normalized spacial score (nSPS) is 12.6. The van der Waals surface area contributed by atoms with Crippen LogP contribution in [0, 0.1) is 5.82 Å². The van der Waals surface area contributed by atoms with Crippen LogP contribution in [0.1, 0.15) is 6.42 Å². The molecule has 8 heteroatoms. The van der Waals surface area contributed by atoms with E-state index in [-0.39, 0.29) is 17.9 Å². The first-order valence-electron chi connectivity index (χ1n) is 5.33. The van der Waals surface area contributed by atoms with Crippen molar-refractivity contribution in [3.63, 3.8) is 0 Å². The van der Waals surface area contributed by atoms with Crippen LogP contribution in [0.2, 0.25) is 0 Å². The first-order valence-corrected chi connectivity index (χ1v) is 6.99. The number of rotatable bonds is 6. The highest BCUT2D eigenvalue weighted by molar-refractivity contribution is 7.91. The molecule has 19 heavy (non-hydrogen) atoms. The van der Waals surface area contributed by atoms with Crippen molar-refractivity contribution in [3.8, 4) is 0 Å². The van der Waals surface area contributed by atoms with E-state index >= 15 is 0 Å². The molecule has 0 fully saturated rings. The van der Waals surface area contributed by atoms with Gasteiger partial charge in [0.15, 0.2) is 9.84 Å². The molecule has 108 valence electrons. The fourth-order valence-electron chi connectivity index (χ4n) is 1.32. The number of ether oxygens (including phenoxy) is 1. The Bertz CT molecular complexity index is 511. The van der Waals surface area contributed by atoms with Crippen LogP contribution in [0.25, 0.3) is 0 Å². The van der Waals surface area contributed by atoms with Crippen LogP contribution >= 0.6 is 0 Å². The van der Waals surface area contributed by atoms with Crippen molar-refractivity contribution in [2.24, 2.45) is 0 Å². The molecule has 0 saturated carbocycles. The third-order valence-corrected chi connectivity index (χ3v) is 3.92. The molecule has 0 saturated heterocycles. The highest BCUT2D eigenvalue weighted by Crippen LogP contribution is 2.16. The molecule has 1 aromatic rings. The molecule has 0 heterocycles. The molecule has 0 atom stereocenters. The summed E-state index contributed by atoms with van der Waals surface area (Å²) in [4.78, 5) is -0.191. The molecule has 0 bridgehead atoms. The summed E-state index contributed by atoms with van der Waals surface area (Å²) in [6.45, 7) is -1.74. The molecule has 0 radical (unpaired) electrons. The molecule has 3 nitrogen and oxygen atoms in total. The lowest BCUT2D eigenvalue weighted by atomic mass is 10.4. The zero-order chi connectivity index (χ0) is 14.5. The Hall–Kier alpha value is -1.15. The molecule has 0 aliphatic carbocycles. The maximum atomic E-state index is 12.9. The quantitative estimate of drug-likeness (QED) is 0.599. The van der Waals surface area contributed by atoms with Crippen molar-refractivity contribution in [2.45, 2.75) is 17.5 Å². The molecule has 0 aliphatic rings. The fraction of sp³-hybridized carbons (Fsp3) is 0.455. The van der Waals surface area contributed by atoms with E-state index in [1.165, 1.54) is 12.1 Å². The Kier molecular flexibility index (Phi) is 5.30.